The second-order valence-electron chi connectivity index (χ2n) is 2.33. The summed E-state index contributed by atoms with van der Waals surface area (Å²) in [5.74, 6) is -1.15. The quantitative estimate of drug-likeness (QED) is 0.558. The SMILES string of the molecule is CC(=O)NCCOC(C)C(=O)O. The number of aliphatic carboxylic acids is 1. The van der Waals surface area contributed by atoms with Crippen LogP contribution >= 0.6 is 0 Å². The van der Waals surface area contributed by atoms with Gasteiger partial charge in [-0.25, -0.2) is 4.79 Å². The van der Waals surface area contributed by atoms with E-state index in [1.807, 2.05) is 0 Å². The lowest BCUT2D eigenvalue weighted by molar-refractivity contribution is -0.148. The number of carbonyl (C=O) groups is 2. The summed E-state index contributed by atoms with van der Waals surface area (Å²) in [6, 6.07) is 0. The van der Waals surface area contributed by atoms with Crippen molar-refractivity contribution in [2.24, 2.45) is 0 Å². The highest BCUT2D eigenvalue weighted by atomic mass is 16.5. The number of amides is 1. The normalized spacial score (nSPS) is 12.2. The first kappa shape index (κ1) is 10.9. The lowest BCUT2D eigenvalue weighted by Crippen LogP contribution is -2.28. The molecule has 0 aromatic heterocycles. The number of nitrogens with one attached hydrogen (secondary N) is 1. The predicted octanol–water partition coefficient (Wildman–Crippen LogP) is -0.388. The molecular formula is C7H13NO4. The van der Waals surface area contributed by atoms with E-state index in [1.54, 1.807) is 0 Å². The topological polar surface area (TPSA) is 75.6 Å². The summed E-state index contributed by atoms with van der Waals surface area (Å²) in [7, 11) is 0. The van der Waals surface area contributed by atoms with Crippen molar-refractivity contribution in [1.29, 1.82) is 0 Å². The van der Waals surface area contributed by atoms with Crippen LogP contribution in [0, 0.1) is 0 Å². The molecule has 1 unspecified atom stereocenters. The first-order valence-corrected chi connectivity index (χ1v) is 3.63. The standard InChI is InChI=1S/C7H13NO4/c1-5(7(10)11)12-4-3-8-6(2)9/h5H,3-4H2,1-2H3,(H,8,9)(H,10,11). The monoisotopic (exact) mass is 175 g/mol. The zero-order valence-corrected chi connectivity index (χ0v) is 7.16. The number of carboxylic acids is 1. The third-order valence-electron chi connectivity index (χ3n) is 1.19. The van der Waals surface area contributed by atoms with E-state index in [0.29, 0.717) is 6.54 Å². The summed E-state index contributed by atoms with van der Waals surface area (Å²) >= 11 is 0. The molecule has 0 aromatic carbocycles. The van der Waals surface area contributed by atoms with Gasteiger partial charge in [-0.15, -0.1) is 0 Å². The van der Waals surface area contributed by atoms with Crippen LogP contribution in [-0.2, 0) is 14.3 Å². The Morgan fingerprint density at radius 2 is 2.17 bits per heavy atom. The molecule has 0 saturated heterocycles. The Bertz CT molecular complexity index is 169. The van der Waals surface area contributed by atoms with Crippen molar-refractivity contribution >= 4 is 11.9 Å². The average molecular weight is 175 g/mol. The molecule has 70 valence electrons. The Hall–Kier alpha value is -1.10. The van der Waals surface area contributed by atoms with Gasteiger partial charge in [0.25, 0.3) is 0 Å². The van der Waals surface area contributed by atoms with Gasteiger partial charge in [0.1, 0.15) is 0 Å². The number of carbonyl (C=O) groups excluding carboxylic acids is 1. The van der Waals surface area contributed by atoms with Crippen molar-refractivity contribution in [1.82, 2.24) is 5.32 Å². The molecule has 0 fully saturated rings. The third-order valence-corrected chi connectivity index (χ3v) is 1.19. The Labute approximate surface area is 70.7 Å². The van der Waals surface area contributed by atoms with Crippen LogP contribution in [0.4, 0.5) is 0 Å². The van der Waals surface area contributed by atoms with Crippen LogP contribution in [0.15, 0.2) is 0 Å². The van der Waals surface area contributed by atoms with Gasteiger partial charge in [-0.1, -0.05) is 0 Å². The van der Waals surface area contributed by atoms with Crippen LogP contribution in [0.5, 0.6) is 0 Å². The summed E-state index contributed by atoms with van der Waals surface area (Å²) in [5, 5.41) is 10.9. The van der Waals surface area contributed by atoms with Crippen LogP contribution < -0.4 is 5.32 Å². The maximum atomic E-state index is 10.3. The number of hydrogen-bond acceptors (Lipinski definition) is 3. The molecule has 0 aliphatic heterocycles. The number of ether oxygens (including phenoxy) is 1. The molecule has 0 rings (SSSR count). The highest BCUT2D eigenvalue weighted by molar-refractivity contribution is 5.72. The largest absolute Gasteiger partial charge is 0.479 e. The van der Waals surface area contributed by atoms with Gasteiger partial charge in [-0.05, 0) is 6.92 Å². The van der Waals surface area contributed by atoms with Crippen LogP contribution in [-0.4, -0.2) is 36.2 Å². The van der Waals surface area contributed by atoms with E-state index in [1.165, 1.54) is 13.8 Å². The molecule has 0 radical (unpaired) electrons. The third kappa shape index (κ3) is 5.67. The molecule has 2 N–H and O–H groups in total. The summed E-state index contributed by atoms with van der Waals surface area (Å²) in [6.07, 6.45) is -0.821. The Balaban J connectivity index is 3.31. The summed E-state index contributed by atoms with van der Waals surface area (Å²) in [5.41, 5.74) is 0. The van der Waals surface area contributed by atoms with Crippen LogP contribution in [0.25, 0.3) is 0 Å². The maximum absolute atomic E-state index is 10.3. The molecule has 1 amide bonds. The van der Waals surface area contributed by atoms with Gasteiger partial charge in [-0.3, -0.25) is 4.79 Å². The molecule has 0 aliphatic rings. The van der Waals surface area contributed by atoms with Gasteiger partial charge in [0.2, 0.25) is 5.91 Å². The lowest BCUT2D eigenvalue weighted by atomic mass is 10.4. The Morgan fingerprint density at radius 3 is 2.58 bits per heavy atom. The fourth-order valence-corrected chi connectivity index (χ4v) is 0.534. The van der Waals surface area contributed by atoms with Crippen molar-refractivity contribution in [3.8, 4) is 0 Å². The minimum absolute atomic E-state index is 0.151. The molecular weight excluding hydrogens is 162 g/mol. The van der Waals surface area contributed by atoms with Gasteiger partial charge < -0.3 is 15.2 Å². The molecule has 12 heavy (non-hydrogen) atoms. The minimum Gasteiger partial charge on any atom is -0.479 e. The van der Waals surface area contributed by atoms with Gasteiger partial charge in [0, 0.05) is 13.5 Å². The Kier molecular flexibility index (Phi) is 5.03. The smallest absolute Gasteiger partial charge is 0.332 e. The van der Waals surface area contributed by atoms with E-state index < -0.39 is 12.1 Å². The van der Waals surface area contributed by atoms with Gasteiger partial charge in [0.15, 0.2) is 6.10 Å². The summed E-state index contributed by atoms with van der Waals surface area (Å²) in [6.45, 7) is 3.39. The van der Waals surface area contributed by atoms with E-state index in [4.69, 9.17) is 9.84 Å². The molecule has 0 spiro atoms. The number of hydrogen-bond donors (Lipinski definition) is 2. The molecule has 5 heteroatoms. The highest BCUT2D eigenvalue weighted by Crippen LogP contribution is 1.88. The van der Waals surface area contributed by atoms with Gasteiger partial charge >= 0.3 is 5.97 Å². The maximum Gasteiger partial charge on any atom is 0.332 e. The van der Waals surface area contributed by atoms with Crippen molar-refractivity contribution in [3.63, 3.8) is 0 Å². The fourth-order valence-electron chi connectivity index (χ4n) is 0.534. The highest BCUT2D eigenvalue weighted by Gasteiger charge is 2.09. The predicted molar refractivity (Wildman–Crippen MR) is 41.7 cm³/mol. The number of carboxylic acid groups (broad SMARTS) is 1. The van der Waals surface area contributed by atoms with E-state index in [2.05, 4.69) is 5.32 Å². The molecule has 0 aliphatic carbocycles. The number of rotatable bonds is 5. The molecule has 0 saturated carbocycles. The zero-order chi connectivity index (χ0) is 9.56. The van der Waals surface area contributed by atoms with E-state index in [0.717, 1.165) is 0 Å². The Morgan fingerprint density at radius 1 is 1.58 bits per heavy atom. The van der Waals surface area contributed by atoms with Crippen molar-refractivity contribution < 1.29 is 19.4 Å². The summed E-state index contributed by atoms with van der Waals surface area (Å²) < 4.78 is 4.84. The molecule has 0 bridgehead atoms. The zero-order valence-electron chi connectivity index (χ0n) is 7.16. The van der Waals surface area contributed by atoms with Gasteiger partial charge in [-0.2, -0.15) is 0 Å². The lowest BCUT2D eigenvalue weighted by Gasteiger charge is -2.07. The summed E-state index contributed by atoms with van der Waals surface area (Å²) in [4.78, 5) is 20.6. The fraction of sp³-hybridized carbons (Fsp3) is 0.714. The van der Waals surface area contributed by atoms with E-state index >= 15 is 0 Å². The molecule has 0 heterocycles. The average Bonchev–Trinajstić information content (AvgIpc) is 1.97. The van der Waals surface area contributed by atoms with Crippen molar-refractivity contribution in [2.75, 3.05) is 13.2 Å². The van der Waals surface area contributed by atoms with Crippen LogP contribution in [0.2, 0.25) is 0 Å². The van der Waals surface area contributed by atoms with Gasteiger partial charge in [0.05, 0.1) is 6.61 Å². The van der Waals surface area contributed by atoms with Crippen molar-refractivity contribution in [2.45, 2.75) is 20.0 Å². The van der Waals surface area contributed by atoms with E-state index in [9.17, 15) is 9.59 Å². The second-order valence-corrected chi connectivity index (χ2v) is 2.33. The van der Waals surface area contributed by atoms with Crippen LogP contribution in [0.1, 0.15) is 13.8 Å². The van der Waals surface area contributed by atoms with Crippen LogP contribution in [0.3, 0.4) is 0 Å². The minimum atomic E-state index is -1.00. The second kappa shape index (κ2) is 5.54. The van der Waals surface area contributed by atoms with Crippen molar-refractivity contribution in [3.05, 3.63) is 0 Å². The van der Waals surface area contributed by atoms with E-state index in [-0.39, 0.29) is 12.5 Å². The molecule has 5 nitrogen and oxygen atoms in total. The molecule has 1 atom stereocenters. The first-order chi connectivity index (χ1) is 5.54. The molecule has 0 aromatic rings. The first-order valence-electron chi connectivity index (χ1n) is 3.63.